The van der Waals surface area contributed by atoms with E-state index in [0.717, 1.165) is 0 Å². The molecule has 0 bridgehead atoms. The Kier molecular flexibility index (Phi) is 2.71. The predicted octanol–water partition coefficient (Wildman–Crippen LogP) is -2.05. The molecule has 4 N–H and O–H groups in total. The van der Waals surface area contributed by atoms with E-state index in [4.69, 9.17) is 15.8 Å². The van der Waals surface area contributed by atoms with Crippen LogP contribution in [0.2, 0.25) is 0 Å². The van der Waals surface area contributed by atoms with Crippen molar-refractivity contribution < 1.29 is 14.8 Å². The van der Waals surface area contributed by atoms with Gasteiger partial charge in [0.15, 0.2) is 0 Å². The Morgan fingerprint density at radius 2 is 2.33 bits per heavy atom. The zero-order valence-electron chi connectivity index (χ0n) is 6.97. The third-order valence-corrected chi connectivity index (χ3v) is 2.20. The van der Waals surface area contributed by atoms with Crippen LogP contribution in [-0.2, 0) is 4.79 Å². The molecule has 1 aliphatic rings. The first kappa shape index (κ1) is 9.50. The highest BCUT2D eigenvalue weighted by Gasteiger charge is 2.36. The molecule has 1 fully saturated rings. The Bertz CT molecular complexity index is 188. The Morgan fingerprint density at radius 3 is 2.67 bits per heavy atom. The number of hydrogen-bond donors (Lipinski definition) is 3. The Hall–Kier alpha value is -0.585. The molecule has 5 nitrogen and oxygen atoms in total. The molecule has 0 aromatic heterocycles. The maximum atomic E-state index is 11.2. The van der Waals surface area contributed by atoms with Gasteiger partial charge in [0.2, 0.25) is 5.91 Å². The van der Waals surface area contributed by atoms with Gasteiger partial charge in [-0.05, 0) is 13.3 Å². The van der Waals surface area contributed by atoms with E-state index < -0.39 is 19.1 Å². The molecule has 0 aromatic rings. The van der Waals surface area contributed by atoms with Crippen molar-refractivity contribution in [1.82, 2.24) is 4.90 Å². The lowest BCUT2D eigenvalue weighted by Crippen LogP contribution is -2.47. The lowest BCUT2D eigenvalue weighted by molar-refractivity contribution is -0.129. The van der Waals surface area contributed by atoms with Crippen LogP contribution in [0.25, 0.3) is 0 Å². The molecule has 0 aliphatic carbocycles. The van der Waals surface area contributed by atoms with Crippen molar-refractivity contribution in [1.29, 1.82) is 0 Å². The van der Waals surface area contributed by atoms with Crippen LogP contribution in [0, 0.1) is 0 Å². The number of carbonyl (C=O) groups is 1. The van der Waals surface area contributed by atoms with Crippen molar-refractivity contribution in [2.24, 2.45) is 5.73 Å². The second-order valence-corrected chi connectivity index (χ2v) is 3.08. The number of hydrogen-bond acceptors (Lipinski definition) is 4. The van der Waals surface area contributed by atoms with Crippen LogP contribution in [0.3, 0.4) is 0 Å². The molecule has 0 spiro atoms. The van der Waals surface area contributed by atoms with Gasteiger partial charge in [0.25, 0.3) is 0 Å². The van der Waals surface area contributed by atoms with Crippen LogP contribution in [0.1, 0.15) is 13.3 Å². The van der Waals surface area contributed by atoms with Gasteiger partial charge in [0.05, 0.1) is 12.0 Å². The van der Waals surface area contributed by atoms with Gasteiger partial charge >= 0.3 is 7.12 Å². The van der Waals surface area contributed by atoms with Crippen LogP contribution in [0.4, 0.5) is 0 Å². The zero-order valence-corrected chi connectivity index (χ0v) is 6.97. The summed E-state index contributed by atoms with van der Waals surface area (Å²) in [6, 6.07) is -0.466. The van der Waals surface area contributed by atoms with E-state index in [0.29, 0.717) is 13.0 Å². The average molecular weight is 172 g/mol. The summed E-state index contributed by atoms with van der Waals surface area (Å²) in [5.41, 5.74) is 5.45. The van der Waals surface area contributed by atoms with Gasteiger partial charge in [-0.3, -0.25) is 4.79 Å². The summed E-state index contributed by atoms with van der Waals surface area (Å²) < 4.78 is 0. The maximum absolute atomic E-state index is 11.2. The molecule has 0 radical (unpaired) electrons. The standard InChI is InChI=1S/C6H13BN2O3/c1-4(7(11)12)9-3-2-5(8)6(9)10/h4-5,11-12H,2-3,8H2,1H3. The number of amides is 1. The Balaban J connectivity index is 2.59. The number of rotatable bonds is 2. The smallest absolute Gasteiger partial charge is 0.426 e. The number of carbonyl (C=O) groups excluding carboxylic acids is 1. The minimum Gasteiger partial charge on any atom is -0.426 e. The second-order valence-electron chi connectivity index (χ2n) is 3.08. The molecule has 2 unspecified atom stereocenters. The molecule has 1 rings (SSSR count). The molecular formula is C6H13BN2O3. The number of nitrogens with two attached hydrogens (primary N) is 1. The van der Waals surface area contributed by atoms with Gasteiger partial charge in [0, 0.05) is 6.54 Å². The zero-order chi connectivity index (χ0) is 9.30. The third kappa shape index (κ3) is 1.60. The minimum atomic E-state index is -1.49. The molecule has 1 saturated heterocycles. The lowest BCUT2D eigenvalue weighted by atomic mass is 9.80. The molecule has 0 aromatic carbocycles. The maximum Gasteiger partial charge on any atom is 0.475 e. The van der Waals surface area contributed by atoms with Crippen molar-refractivity contribution >= 4 is 13.0 Å². The van der Waals surface area contributed by atoms with Crippen LogP contribution in [0.15, 0.2) is 0 Å². The highest BCUT2D eigenvalue weighted by molar-refractivity contribution is 6.43. The van der Waals surface area contributed by atoms with Crippen LogP contribution in [-0.4, -0.2) is 46.5 Å². The predicted molar refractivity (Wildman–Crippen MR) is 44.0 cm³/mol. The van der Waals surface area contributed by atoms with E-state index in [9.17, 15) is 4.79 Å². The molecule has 0 saturated carbocycles. The van der Waals surface area contributed by atoms with Crippen molar-refractivity contribution in [3.63, 3.8) is 0 Å². The van der Waals surface area contributed by atoms with Crippen LogP contribution < -0.4 is 5.73 Å². The summed E-state index contributed by atoms with van der Waals surface area (Å²) in [5, 5.41) is 17.6. The molecule has 1 heterocycles. The van der Waals surface area contributed by atoms with E-state index in [1.165, 1.54) is 4.90 Å². The molecular weight excluding hydrogens is 159 g/mol. The summed E-state index contributed by atoms with van der Waals surface area (Å²) in [4.78, 5) is 12.6. The van der Waals surface area contributed by atoms with Gasteiger partial charge in [-0.25, -0.2) is 0 Å². The van der Waals surface area contributed by atoms with E-state index >= 15 is 0 Å². The molecule has 1 aliphatic heterocycles. The average Bonchev–Trinajstić information content (AvgIpc) is 2.32. The highest BCUT2D eigenvalue weighted by atomic mass is 16.4. The van der Waals surface area contributed by atoms with E-state index in [1.54, 1.807) is 6.92 Å². The highest BCUT2D eigenvalue weighted by Crippen LogP contribution is 2.13. The fourth-order valence-electron chi connectivity index (χ4n) is 1.29. The Labute approximate surface area is 71.3 Å². The molecule has 12 heavy (non-hydrogen) atoms. The lowest BCUT2D eigenvalue weighted by Gasteiger charge is -2.23. The summed E-state index contributed by atoms with van der Waals surface area (Å²) in [7, 11) is -1.49. The normalized spacial score (nSPS) is 26.2. The first-order valence-corrected chi connectivity index (χ1v) is 3.96. The van der Waals surface area contributed by atoms with Gasteiger partial charge in [0.1, 0.15) is 0 Å². The molecule has 6 heteroatoms. The summed E-state index contributed by atoms with van der Waals surface area (Å²) in [6.45, 7) is 2.10. The largest absolute Gasteiger partial charge is 0.475 e. The summed E-state index contributed by atoms with van der Waals surface area (Å²) >= 11 is 0. The second kappa shape index (κ2) is 3.43. The Morgan fingerprint density at radius 1 is 1.75 bits per heavy atom. The molecule has 1 amide bonds. The summed E-state index contributed by atoms with van der Waals surface area (Å²) in [6.07, 6.45) is 0.593. The quantitative estimate of drug-likeness (QED) is 0.418. The van der Waals surface area contributed by atoms with Crippen molar-refractivity contribution in [3.05, 3.63) is 0 Å². The fourth-order valence-corrected chi connectivity index (χ4v) is 1.29. The van der Waals surface area contributed by atoms with Gasteiger partial charge in [-0.2, -0.15) is 0 Å². The fraction of sp³-hybridized carbons (Fsp3) is 0.833. The van der Waals surface area contributed by atoms with Crippen molar-refractivity contribution in [2.45, 2.75) is 25.3 Å². The topological polar surface area (TPSA) is 86.8 Å². The number of likely N-dealkylation sites (tertiary alicyclic amines) is 1. The molecule has 2 atom stereocenters. The number of nitrogens with zero attached hydrogens (tertiary/aromatic N) is 1. The van der Waals surface area contributed by atoms with Crippen LogP contribution in [0.5, 0.6) is 0 Å². The third-order valence-electron chi connectivity index (χ3n) is 2.20. The van der Waals surface area contributed by atoms with Crippen LogP contribution >= 0.6 is 0 Å². The SMILES string of the molecule is CC(B(O)O)N1CCC(N)C1=O. The van der Waals surface area contributed by atoms with Crippen molar-refractivity contribution in [2.75, 3.05) is 6.54 Å². The molecule has 68 valence electrons. The summed E-state index contributed by atoms with van der Waals surface area (Å²) in [5.74, 6) is -0.762. The van der Waals surface area contributed by atoms with Crippen molar-refractivity contribution in [3.8, 4) is 0 Å². The minimum absolute atomic E-state index is 0.199. The van der Waals surface area contributed by atoms with Gasteiger partial charge < -0.3 is 20.7 Å². The first-order chi connectivity index (χ1) is 5.54. The van der Waals surface area contributed by atoms with Gasteiger partial charge in [-0.15, -0.1) is 0 Å². The van der Waals surface area contributed by atoms with E-state index in [2.05, 4.69) is 0 Å². The first-order valence-electron chi connectivity index (χ1n) is 3.96. The van der Waals surface area contributed by atoms with Gasteiger partial charge in [-0.1, -0.05) is 0 Å². The van der Waals surface area contributed by atoms with E-state index in [-0.39, 0.29) is 5.91 Å². The van der Waals surface area contributed by atoms with E-state index in [1.807, 2.05) is 0 Å². The monoisotopic (exact) mass is 172 g/mol.